The monoisotopic (exact) mass is 527 g/mol. The van der Waals surface area contributed by atoms with Gasteiger partial charge in [-0.15, -0.1) is 0 Å². The summed E-state index contributed by atoms with van der Waals surface area (Å²) in [5, 5.41) is 0. The first-order chi connectivity index (χ1) is 17.9. The van der Waals surface area contributed by atoms with E-state index in [2.05, 4.69) is 0 Å². The second kappa shape index (κ2) is 14.4. The van der Waals surface area contributed by atoms with Crippen molar-refractivity contribution in [2.45, 2.75) is 33.5 Å². The first-order valence-corrected chi connectivity index (χ1v) is 13.7. The molecule has 1 amide bonds. The lowest BCUT2D eigenvalue weighted by molar-refractivity contribution is 0.105. The number of carbonyl (C=O) groups is 1. The topological polar surface area (TPSA) is 83.5 Å². The Morgan fingerprint density at radius 2 is 1.38 bits per heavy atom. The van der Waals surface area contributed by atoms with Gasteiger partial charge in [-0.2, -0.15) is 0 Å². The van der Waals surface area contributed by atoms with Crippen LogP contribution >= 0.6 is 7.82 Å². The van der Waals surface area contributed by atoms with Crippen molar-refractivity contribution in [3.05, 3.63) is 95.6 Å². The minimum atomic E-state index is -3.81. The van der Waals surface area contributed by atoms with Crippen LogP contribution < -0.4 is 9.26 Å². The minimum Gasteiger partial charge on any atom is -0.485 e. The molecule has 0 aromatic heterocycles. The molecule has 37 heavy (non-hydrogen) atoms. The molecule has 3 rings (SSSR count). The van der Waals surface area contributed by atoms with E-state index in [0.29, 0.717) is 25.3 Å². The number of hydrogen-bond donors (Lipinski definition) is 0. The van der Waals surface area contributed by atoms with Crippen molar-refractivity contribution in [2.24, 2.45) is 0 Å². The number of carbonyl (C=O) groups excluding carboxylic acids is 1. The Labute approximate surface area is 218 Å². The van der Waals surface area contributed by atoms with E-state index in [0.717, 1.165) is 16.7 Å². The molecule has 3 aromatic carbocycles. The van der Waals surface area contributed by atoms with Gasteiger partial charge in [0.2, 0.25) is 0 Å². The SMILES string of the molecule is CCOP(=O)(OCC)Oc1ccc(CCN(C)C(=O)OCc2ccccc2)cc1OCc1ccccc1. The van der Waals surface area contributed by atoms with Crippen molar-refractivity contribution < 1.29 is 32.4 Å². The molecule has 0 spiro atoms. The van der Waals surface area contributed by atoms with Crippen molar-refractivity contribution in [3.8, 4) is 11.5 Å². The van der Waals surface area contributed by atoms with Crippen LogP contribution in [-0.2, 0) is 38.0 Å². The molecule has 0 saturated heterocycles. The van der Waals surface area contributed by atoms with E-state index < -0.39 is 13.9 Å². The summed E-state index contributed by atoms with van der Waals surface area (Å²) in [4.78, 5) is 13.9. The van der Waals surface area contributed by atoms with Gasteiger partial charge in [-0.3, -0.25) is 9.05 Å². The normalized spacial score (nSPS) is 11.1. The van der Waals surface area contributed by atoms with E-state index in [1.165, 1.54) is 4.90 Å². The molecule has 0 saturated carbocycles. The molecule has 0 unspecified atom stereocenters. The van der Waals surface area contributed by atoms with Gasteiger partial charge >= 0.3 is 13.9 Å². The van der Waals surface area contributed by atoms with Crippen LogP contribution in [0.25, 0.3) is 0 Å². The summed E-state index contributed by atoms with van der Waals surface area (Å²) in [6.45, 7) is 4.71. The summed E-state index contributed by atoms with van der Waals surface area (Å²) in [7, 11) is -2.11. The Kier molecular flexibility index (Phi) is 11.0. The van der Waals surface area contributed by atoms with Crippen molar-refractivity contribution in [2.75, 3.05) is 26.8 Å². The molecule has 0 aliphatic heterocycles. The molecule has 0 radical (unpaired) electrons. The number of benzene rings is 3. The standard InChI is InChI=1S/C28H34NO7P/c1-4-34-37(31,35-5-2)36-26-17-16-23(20-27(26)32-21-24-12-8-6-9-13-24)18-19-29(3)28(30)33-22-25-14-10-7-11-15-25/h6-17,20H,4-5,18-19,21-22H2,1-3H3. The zero-order valence-electron chi connectivity index (χ0n) is 21.5. The minimum absolute atomic E-state index is 0.169. The highest BCUT2D eigenvalue weighted by Gasteiger charge is 2.29. The third-order valence-electron chi connectivity index (χ3n) is 5.28. The summed E-state index contributed by atoms with van der Waals surface area (Å²) >= 11 is 0. The Bertz CT molecular complexity index is 1150. The Morgan fingerprint density at radius 1 is 0.784 bits per heavy atom. The Hall–Kier alpha value is -3.32. The smallest absolute Gasteiger partial charge is 0.485 e. The zero-order valence-corrected chi connectivity index (χ0v) is 22.4. The number of likely N-dealkylation sites (N-methyl/N-ethyl adjacent to an activating group) is 1. The van der Waals surface area contributed by atoms with Gasteiger partial charge in [0.05, 0.1) is 13.2 Å². The number of nitrogens with zero attached hydrogens (tertiary/aromatic N) is 1. The molecule has 3 aromatic rings. The van der Waals surface area contributed by atoms with Crippen molar-refractivity contribution >= 4 is 13.9 Å². The average molecular weight is 528 g/mol. The third kappa shape index (κ3) is 9.25. The third-order valence-corrected chi connectivity index (χ3v) is 6.85. The molecule has 9 heteroatoms. The molecule has 0 aliphatic carbocycles. The highest BCUT2D eigenvalue weighted by molar-refractivity contribution is 7.48. The Morgan fingerprint density at radius 3 is 1.97 bits per heavy atom. The van der Waals surface area contributed by atoms with Crippen LogP contribution in [0, 0.1) is 0 Å². The van der Waals surface area contributed by atoms with Crippen LogP contribution in [0.15, 0.2) is 78.9 Å². The lowest BCUT2D eigenvalue weighted by atomic mass is 10.1. The van der Waals surface area contributed by atoms with Gasteiger partial charge in [0, 0.05) is 13.6 Å². The van der Waals surface area contributed by atoms with E-state index in [4.69, 9.17) is 23.0 Å². The van der Waals surface area contributed by atoms with Crippen molar-refractivity contribution in [1.29, 1.82) is 0 Å². The van der Waals surface area contributed by atoms with Crippen LogP contribution in [0.4, 0.5) is 4.79 Å². The largest absolute Gasteiger partial charge is 0.530 e. The summed E-state index contributed by atoms with van der Waals surface area (Å²) < 4.78 is 40.7. The van der Waals surface area contributed by atoms with Gasteiger partial charge in [-0.05, 0) is 49.1 Å². The first kappa shape index (κ1) is 28.3. The zero-order chi connectivity index (χ0) is 26.5. The second-order valence-electron chi connectivity index (χ2n) is 8.14. The number of phosphoric ester groups is 1. The molecule has 0 atom stereocenters. The number of amides is 1. The molecular formula is C28H34NO7P. The summed E-state index contributed by atoms with van der Waals surface area (Å²) in [5.74, 6) is 0.649. The summed E-state index contributed by atoms with van der Waals surface area (Å²) in [6, 6.07) is 24.5. The van der Waals surface area contributed by atoms with Gasteiger partial charge in [0.25, 0.3) is 0 Å². The molecule has 0 fully saturated rings. The fourth-order valence-corrected chi connectivity index (χ4v) is 4.58. The molecule has 0 aliphatic rings. The van der Waals surface area contributed by atoms with E-state index in [-0.39, 0.29) is 25.6 Å². The predicted molar refractivity (Wildman–Crippen MR) is 142 cm³/mol. The van der Waals surface area contributed by atoms with E-state index >= 15 is 0 Å². The van der Waals surface area contributed by atoms with Crippen LogP contribution in [0.3, 0.4) is 0 Å². The van der Waals surface area contributed by atoms with Crippen LogP contribution in [0.2, 0.25) is 0 Å². The molecule has 0 heterocycles. The maximum Gasteiger partial charge on any atom is 0.530 e. The maximum absolute atomic E-state index is 13.0. The van der Waals surface area contributed by atoms with Crippen LogP contribution in [-0.4, -0.2) is 37.8 Å². The molecule has 0 bridgehead atoms. The highest BCUT2D eigenvalue weighted by Crippen LogP contribution is 2.51. The van der Waals surface area contributed by atoms with Gasteiger partial charge in [0.15, 0.2) is 11.5 Å². The lowest BCUT2D eigenvalue weighted by Gasteiger charge is -2.20. The van der Waals surface area contributed by atoms with E-state index in [1.807, 2.05) is 72.8 Å². The average Bonchev–Trinajstić information content (AvgIpc) is 2.91. The summed E-state index contributed by atoms with van der Waals surface area (Å²) in [6.07, 6.45) is 0.145. The highest BCUT2D eigenvalue weighted by atomic mass is 31.2. The number of hydrogen-bond acceptors (Lipinski definition) is 7. The van der Waals surface area contributed by atoms with Gasteiger partial charge < -0.3 is 18.9 Å². The predicted octanol–water partition coefficient (Wildman–Crippen LogP) is 6.64. The van der Waals surface area contributed by atoms with E-state index in [9.17, 15) is 9.36 Å². The van der Waals surface area contributed by atoms with Crippen molar-refractivity contribution in [1.82, 2.24) is 4.90 Å². The molecule has 0 N–H and O–H groups in total. The quantitative estimate of drug-likeness (QED) is 0.217. The number of phosphoric acid groups is 1. The van der Waals surface area contributed by atoms with Gasteiger partial charge in [0.1, 0.15) is 13.2 Å². The van der Waals surface area contributed by atoms with Crippen LogP contribution in [0.1, 0.15) is 30.5 Å². The number of ether oxygens (including phenoxy) is 2. The molecule has 198 valence electrons. The van der Waals surface area contributed by atoms with E-state index in [1.54, 1.807) is 27.0 Å². The fraction of sp³-hybridized carbons (Fsp3) is 0.321. The van der Waals surface area contributed by atoms with Gasteiger partial charge in [-0.1, -0.05) is 66.7 Å². The maximum atomic E-state index is 13.0. The van der Waals surface area contributed by atoms with Crippen LogP contribution in [0.5, 0.6) is 11.5 Å². The first-order valence-electron chi connectivity index (χ1n) is 12.2. The Balaban J connectivity index is 1.68. The molecule has 8 nitrogen and oxygen atoms in total. The lowest BCUT2D eigenvalue weighted by Crippen LogP contribution is -2.29. The number of rotatable bonds is 14. The second-order valence-corrected chi connectivity index (χ2v) is 9.73. The molecular weight excluding hydrogens is 493 g/mol. The van der Waals surface area contributed by atoms with Crippen molar-refractivity contribution in [3.63, 3.8) is 0 Å². The fourth-order valence-electron chi connectivity index (χ4n) is 3.38. The van der Waals surface area contributed by atoms with Gasteiger partial charge in [-0.25, -0.2) is 9.36 Å². The summed E-state index contributed by atoms with van der Waals surface area (Å²) in [5.41, 5.74) is 2.80.